The van der Waals surface area contributed by atoms with Crippen molar-refractivity contribution in [3.63, 3.8) is 0 Å². The third kappa shape index (κ3) is 3.28. The minimum absolute atomic E-state index is 0.214. The third-order valence-electron chi connectivity index (χ3n) is 3.14. The van der Waals surface area contributed by atoms with Crippen LogP contribution in [0.4, 0.5) is 0 Å². The predicted octanol–water partition coefficient (Wildman–Crippen LogP) is 4.65. The first-order valence-electron chi connectivity index (χ1n) is 6.80. The number of hydrogen-bond donors (Lipinski definition) is 1. The summed E-state index contributed by atoms with van der Waals surface area (Å²) in [5.74, 6) is 0.963. The van der Waals surface area contributed by atoms with E-state index < -0.39 is 0 Å². The summed E-state index contributed by atoms with van der Waals surface area (Å²) in [7, 11) is 0. The molecule has 1 atom stereocenters. The largest absolute Gasteiger partial charge is 0.469 e. The highest BCUT2D eigenvalue weighted by molar-refractivity contribution is 7.12. The van der Waals surface area contributed by atoms with Crippen LogP contribution in [0.15, 0.2) is 28.9 Å². The van der Waals surface area contributed by atoms with Crippen LogP contribution >= 0.6 is 11.3 Å². The Balaban J connectivity index is 2.32. The molecule has 0 saturated heterocycles. The quantitative estimate of drug-likeness (QED) is 0.880. The van der Waals surface area contributed by atoms with Gasteiger partial charge in [0.1, 0.15) is 5.76 Å². The molecule has 3 heteroatoms. The second-order valence-electron chi connectivity index (χ2n) is 5.93. The number of aryl methyl sites for hydroxylation is 1. The average molecular weight is 277 g/mol. The molecule has 0 aliphatic carbocycles. The van der Waals surface area contributed by atoms with Crippen molar-refractivity contribution in [2.45, 2.75) is 46.1 Å². The molecule has 2 aromatic rings. The van der Waals surface area contributed by atoms with Gasteiger partial charge in [-0.3, -0.25) is 0 Å². The summed E-state index contributed by atoms with van der Waals surface area (Å²) in [6.45, 7) is 11.8. The maximum absolute atomic E-state index is 5.45. The highest BCUT2D eigenvalue weighted by Gasteiger charge is 2.21. The molecule has 1 unspecified atom stereocenters. The van der Waals surface area contributed by atoms with Gasteiger partial charge in [0.05, 0.1) is 12.3 Å². The van der Waals surface area contributed by atoms with Crippen molar-refractivity contribution in [1.29, 1.82) is 0 Å². The molecule has 0 spiro atoms. The smallest absolute Gasteiger partial charge is 0.101 e. The van der Waals surface area contributed by atoms with Gasteiger partial charge in [0, 0.05) is 15.3 Å². The fraction of sp³-hybridized carbons (Fsp3) is 0.500. The van der Waals surface area contributed by atoms with Crippen LogP contribution in [0, 0.1) is 6.92 Å². The van der Waals surface area contributed by atoms with Gasteiger partial charge in [0.25, 0.3) is 0 Å². The van der Waals surface area contributed by atoms with Crippen LogP contribution in [0.2, 0.25) is 0 Å². The average Bonchev–Trinajstić information content (AvgIpc) is 2.93. The molecule has 0 aliphatic rings. The number of hydrogen-bond acceptors (Lipinski definition) is 3. The first kappa shape index (κ1) is 14.4. The van der Waals surface area contributed by atoms with Crippen LogP contribution in [0.25, 0.3) is 0 Å². The summed E-state index contributed by atoms with van der Waals surface area (Å²) in [5.41, 5.74) is 1.42. The van der Waals surface area contributed by atoms with Crippen LogP contribution in [-0.2, 0) is 5.41 Å². The van der Waals surface area contributed by atoms with Gasteiger partial charge < -0.3 is 9.73 Å². The van der Waals surface area contributed by atoms with Crippen molar-refractivity contribution in [3.8, 4) is 0 Å². The van der Waals surface area contributed by atoms with Gasteiger partial charge in [-0.15, -0.1) is 11.3 Å². The van der Waals surface area contributed by atoms with E-state index in [4.69, 9.17) is 4.42 Å². The SMILES string of the molecule is CCNC(c1coc(C)c1)c1ccc(C(C)(C)C)s1. The summed E-state index contributed by atoms with van der Waals surface area (Å²) in [4.78, 5) is 2.78. The monoisotopic (exact) mass is 277 g/mol. The Morgan fingerprint density at radius 2 is 2.05 bits per heavy atom. The molecule has 0 amide bonds. The Hall–Kier alpha value is -1.06. The molecule has 2 aromatic heterocycles. The number of thiophene rings is 1. The lowest BCUT2D eigenvalue weighted by molar-refractivity contribution is 0.526. The molecule has 0 aromatic carbocycles. The molecule has 2 heterocycles. The van der Waals surface area contributed by atoms with E-state index in [9.17, 15) is 0 Å². The fourth-order valence-corrected chi connectivity index (χ4v) is 3.28. The molecule has 0 fully saturated rings. The normalized spacial score (nSPS) is 13.7. The number of nitrogens with one attached hydrogen (secondary N) is 1. The molecule has 0 saturated carbocycles. The van der Waals surface area contributed by atoms with Crippen LogP contribution in [0.5, 0.6) is 0 Å². The van der Waals surface area contributed by atoms with E-state index in [-0.39, 0.29) is 11.5 Å². The molecule has 0 aliphatic heterocycles. The van der Waals surface area contributed by atoms with Gasteiger partial charge in [-0.05, 0) is 37.1 Å². The lowest BCUT2D eigenvalue weighted by Crippen LogP contribution is -2.20. The number of rotatable bonds is 4. The van der Waals surface area contributed by atoms with Crippen LogP contribution in [0.1, 0.15) is 54.8 Å². The van der Waals surface area contributed by atoms with E-state index in [1.54, 1.807) is 0 Å². The molecule has 2 rings (SSSR count). The van der Waals surface area contributed by atoms with Gasteiger partial charge in [-0.25, -0.2) is 0 Å². The van der Waals surface area contributed by atoms with E-state index in [1.165, 1.54) is 15.3 Å². The second kappa shape index (κ2) is 5.51. The third-order valence-corrected chi connectivity index (χ3v) is 4.72. The highest BCUT2D eigenvalue weighted by Crippen LogP contribution is 2.35. The lowest BCUT2D eigenvalue weighted by Gasteiger charge is -2.17. The standard InChI is InChI=1S/C16H23NOS/c1-6-17-15(12-9-11(2)18-10-12)13-7-8-14(19-13)16(3,4)5/h7-10,15,17H,6H2,1-5H3. The molecule has 1 N–H and O–H groups in total. The Morgan fingerprint density at radius 3 is 2.53 bits per heavy atom. The first-order valence-corrected chi connectivity index (χ1v) is 7.62. The maximum Gasteiger partial charge on any atom is 0.101 e. The van der Waals surface area contributed by atoms with Crippen molar-refractivity contribution in [3.05, 3.63) is 45.5 Å². The van der Waals surface area contributed by atoms with Crippen molar-refractivity contribution < 1.29 is 4.42 Å². The van der Waals surface area contributed by atoms with Crippen LogP contribution < -0.4 is 5.32 Å². The summed E-state index contributed by atoms with van der Waals surface area (Å²) < 4.78 is 5.45. The Kier molecular flexibility index (Phi) is 4.16. The summed E-state index contributed by atoms with van der Waals surface area (Å²) in [5, 5.41) is 3.54. The zero-order valence-electron chi connectivity index (χ0n) is 12.4. The lowest BCUT2D eigenvalue weighted by atomic mass is 9.95. The minimum atomic E-state index is 0.214. The Morgan fingerprint density at radius 1 is 1.32 bits per heavy atom. The van der Waals surface area contributed by atoms with E-state index in [0.29, 0.717) is 0 Å². The van der Waals surface area contributed by atoms with Gasteiger partial charge in [-0.1, -0.05) is 27.7 Å². The molecule has 19 heavy (non-hydrogen) atoms. The predicted molar refractivity (Wildman–Crippen MR) is 82.0 cm³/mol. The zero-order valence-corrected chi connectivity index (χ0v) is 13.2. The van der Waals surface area contributed by atoms with E-state index in [0.717, 1.165) is 12.3 Å². The highest BCUT2D eigenvalue weighted by atomic mass is 32.1. The van der Waals surface area contributed by atoms with E-state index >= 15 is 0 Å². The van der Waals surface area contributed by atoms with Gasteiger partial charge in [0.2, 0.25) is 0 Å². The van der Waals surface area contributed by atoms with Crippen molar-refractivity contribution in [2.75, 3.05) is 6.54 Å². The van der Waals surface area contributed by atoms with Crippen LogP contribution in [-0.4, -0.2) is 6.54 Å². The number of furan rings is 1. The van der Waals surface area contributed by atoms with Crippen molar-refractivity contribution >= 4 is 11.3 Å². The Bertz CT molecular complexity index is 533. The zero-order chi connectivity index (χ0) is 14.0. The van der Waals surface area contributed by atoms with E-state index in [1.807, 2.05) is 24.5 Å². The minimum Gasteiger partial charge on any atom is -0.469 e. The summed E-state index contributed by atoms with van der Waals surface area (Å²) >= 11 is 1.89. The second-order valence-corrected chi connectivity index (χ2v) is 7.05. The summed E-state index contributed by atoms with van der Waals surface area (Å²) in [6.07, 6.45) is 1.86. The van der Waals surface area contributed by atoms with Gasteiger partial charge >= 0.3 is 0 Å². The topological polar surface area (TPSA) is 25.2 Å². The first-order chi connectivity index (χ1) is 8.91. The Labute approximate surface area is 119 Å². The molecule has 0 radical (unpaired) electrons. The van der Waals surface area contributed by atoms with Crippen LogP contribution in [0.3, 0.4) is 0 Å². The molecule has 0 bridgehead atoms. The van der Waals surface area contributed by atoms with E-state index in [2.05, 4.69) is 51.2 Å². The molecular formula is C16H23NOS. The van der Waals surface area contributed by atoms with Gasteiger partial charge in [-0.2, -0.15) is 0 Å². The molecule has 104 valence electrons. The van der Waals surface area contributed by atoms with Gasteiger partial charge in [0.15, 0.2) is 0 Å². The fourth-order valence-electron chi connectivity index (χ4n) is 2.11. The summed E-state index contributed by atoms with van der Waals surface area (Å²) in [6, 6.07) is 6.84. The van der Waals surface area contributed by atoms with Crippen molar-refractivity contribution in [1.82, 2.24) is 5.32 Å². The van der Waals surface area contributed by atoms with Crippen molar-refractivity contribution in [2.24, 2.45) is 0 Å². The molecule has 2 nitrogen and oxygen atoms in total. The maximum atomic E-state index is 5.45. The molecular weight excluding hydrogens is 254 g/mol.